The van der Waals surface area contributed by atoms with Crippen molar-refractivity contribution in [2.24, 2.45) is 0 Å². The Hall–Kier alpha value is -3.01. The van der Waals surface area contributed by atoms with E-state index in [1.807, 2.05) is 43.3 Å². The molecule has 0 bridgehead atoms. The van der Waals surface area contributed by atoms with Crippen LogP contribution in [-0.2, 0) is 4.79 Å². The second-order valence-corrected chi connectivity index (χ2v) is 7.88. The number of amides is 1. The summed E-state index contributed by atoms with van der Waals surface area (Å²) in [6.07, 6.45) is 2.52. The SMILES string of the molecule is COc1ccc2cc(C(C)C(=O)Nc3ccc(N4CCCC4)cc3C)ccc2c1. The molecule has 1 saturated heterocycles. The van der Waals surface area contributed by atoms with Crippen molar-refractivity contribution >= 4 is 28.1 Å². The summed E-state index contributed by atoms with van der Waals surface area (Å²) in [4.78, 5) is 15.3. The zero-order valence-electron chi connectivity index (χ0n) is 17.4. The molecular weight excluding hydrogens is 360 g/mol. The van der Waals surface area contributed by atoms with Crippen LogP contribution in [0.3, 0.4) is 0 Å². The number of anilines is 2. The average molecular weight is 389 g/mol. The lowest BCUT2D eigenvalue weighted by Gasteiger charge is -2.20. The Labute approximate surface area is 172 Å². The van der Waals surface area contributed by atoms with Crippen LogP contribution in [-0.4, -0.2) is 26.1 Å². The third-order valence-corrected chi connectivity index (χ3v) is 5.90. The number of nitrogens with zero attached hydrogens (tertiary/aromatic N) is 1. The molecular formula is C25H28N2O2. The highest BCUT2D eigenvalue weighted by Crippen LogP contribution is 2.28. The van der Waals surface area contributed by atoms with Gasteiger partial charge < -0.3 is 15.0 Å². The number of benzene rings is 3. The third-order valence-electron chi connectivity index (χ3n) is 5.90. The van der Waals surface area contributed by atoms with Gasteiger partial charge in [-0.05, 0) is 78.9 Å². The van der Waals surface area contributed by atoms with Crippen LogP contribution in [0.2, 0.25) is 0 Å². The summed E-state index contributed by atoms with van der Waals surface area (Å²) < 4.78 is 5.29. The summed E-state index contributed by atoms with van der Waals surface area (Å²) in [6, 6.07) is 18.5. The summed E-state index contributed by atoms with van der Waals surface area (Å²) >= 11 is 0. The standard InChI is InChI=1S/C25H28N2O2/c1-17-14-22(27-12-4-5-13-27)9-11-24(17)26-25(28)18(2)19-6-7-21-16-23(29-3)10-8-20(21)15-19/h6-11,14-16,18H,4-5,12-13H2,1-3H3,(H,26,28). The molecule has 4 rings (SSSR count). The van der Waals surface area contributed by atoms with Gasteiger partial charge in [0.15, 0.2) is 0 Å². The maximum atomic E-state index is 12.9. The van der Waals surface area contributed by atoms with Gasteiger partial charge in [-0.2, -0.15) is 0 Å². The van der Waals surface area contributed by atoms with Gasteiger partial charge in [0.1, 0.15) is 5.75 Å². The molecule has 29 heavy (non-hydrogen) atoms. The molecule has 0 aliphatic carbocycles. The number of hydrogen-bond donors (Lipinski definition) is 1. The number of hydrogen-bond acceptors (Lipinski definition) is 3. The van der Waals surface area contributed by atoms with E-state index < -0.39 is 0 Å². The lowest BCUT2D eigenvalue weighted by Crippen LogP contribution is -2.20. The van der Waals surface area contributed by atoms with Crippen LogP contribution in [0, 0.1) is 6.92 Å². The molecule has 150 valence electrons. The molecule has 1 aliphatic rings. The molecule has 3 aromatic rings. The van der Waals surface area contributed by atoms with Crippen LogP contribution in [0.1, 0.15) is 36.8 Å². The van der Waals surface area contributed by atoms with Crippen molar-refractivity contribution in [3.8, 4) is 5.75 Å². The Balaban J connectivity index is 1.50. The van der Waals surface area contributed by atoms with E-state index in [1.165, 1.54) is 18.5 Å². The van der Waals surface area contributed by atoms with Gasteiger partial charge in [-0.1, -0.05) is 24.3 Å². The molecule has 1 amide bonds. The van der Waals surface area contributed by atoms with Crippen LogP contribution in [0.15, 0.2) is 54.6 Å². The van der Waals surface area contributed by atoms with Gasteiger partial charge >= 0.3 is 0 Å². The topological polar surface area (TPSA) is 41.6 Å². The lowest BCUT2D eigenvalue weighted by atomic mass is 9.96. The second-order valence-electron chi connectivity index (χ2n) is 7.88. The maximum absolute atomic E-state index is 12.9. The molecule has 1 N–H and O–H groups in total. The summed E-state index contributed by atoms with van der Waals surface area (Å²) in [6.45, 7) is 6.25. The van der Waals surface area contributed by atoms with Crippen molar-refractivity contribution in [2.75, 3.05) is 30.4 Å². The average Bonchev–Trinajstić information content (AvgIpc) is 3.28. The Bertz CT molecular complexity index is 1040. The van der Waals surface area contributed by atoms with Crippen LogP contribution in [0.5, 0.6) is 5.75 Å². The lowest BCUT2D eigenvalue weighted by molar-refractivity contribution is -0.117. The summed E-state index contributed by atoms with van der Waals surface area (Å²) in [5.41, 5.74) is 4.23. The smallest absolute Gasteiger partial charge is 0.231 e. The molecule has 0 spiro atoms. The number of carbonyl (C=O) groups is 1. The van der Waals surface area contributed by atoms with Crippen molar-refractivity contribution in [3.63, 3.8) is 0 Å². The van der Waals surface area contributed by atoms with E-state index in [0.717, 1.165) is 46.4 Å². The highest BCUT2D eigenvalue weighted by atomic mass is 16.5. The number of ether oxygens (including phenoxy) is 1. The van der Waals surface area contributed by atoms with E-state index >= 15 is 0 Å². The molecule has 3 aromatic carbocycles. The third kappa shape index (κ3) is 4.07. The van der Waals surface area contributed by atoms with Crippen LogP contribution < -0.4 is 15.0 Å². The van der Waals surface area contributed by atoms with Crippen molar-refractivity contribution in [1.82, 2.24) is 0 Å². The number of carbonyl (C=O) groups excluding carboxylic acids is 1. The van der Waals surface area contributed by atoms with Crippen molar-refractivity contribution in [1.29, 1.82) is 0 Å². The summed E-state index contributed by atoms with van der Waals surface area (Å²) in [7, 11) is 1.67. The molecule has 1 fully saturated rings. The Kier molecular flexibility index (Phi) is 5.43. The number of aryl methyl sites for hydroxylation is 1. The zero-order valence-corrected chi connectivity index (χ0v) is 17.4. The van der Waals surface area contributed by atoms with E-state index in [9.17, 15) is 4.79 Å². The minimum absolute atomic E-state index is 0.00915. The first-order valence-electron chi connectivity index (χ1n) is 10.3. The van der Waals surface area contributed by atoms with E-state index in [0.29, 0.717) is 0 Å². The van der Waals surface area contributed by atoms with E-state index in [-0.39, 0.29) is 11.8 Å². The number of nitrogens with one attached hydrogen (secondary N) is 1. The van der Waals surface area contributed by atoms with Crippen molar-refractivity contribution in [2.45, 2.75) is 32.6 Å². The van der Waals surface area contributed by atoms with Gasteiger partial charge in [0.2, 0.25) is 5.91 Å². The van der Waals surface area contributed by atoms with E-state index in [1.54, 1.807) is 7.11 Å². The first kappa shape index (κ1) is 19.3. The molecule has 0 radical (unpaired) electrons. The van der Waals surface area contributed by atoms with E-state index in [4.69, 9.17) is 4.74 Å². The molecule has 1 heterocycles. The predicted molar refractivity (Wildman–Crippen MR) is 120 cm³/mol. The monoisotopic (exact) mass is 388 g/mol. The Morgan fingerprint density at radius 3 is 2.45 bits per heavy atom. The predicted octanol–water partition coefficient (Wildman–Crippen LogP) is 5.50. The first-order valence-corrected chi connectivity index (χ1v) is 10.3. The second kappa shape index (κ2) is 8.16. The molecule has 0 saturated carbocycles. The molecule has 0 aromatic heterocycles. The van der Waals surface area contributed by atoms with Gasteiger partial charge in [0, 0.05) is 24.5 Å². The van der Waals surface area contributed by atoms with Gasteiger partial charge in [-0.3, -0.25) is 4.79 Å². The summed E-state index contributed by atoms with van der Waals surface area (Å²) in [5, 5.41) is 5.33. The van der Waals surface area contributed by atoms with Crippen LogP contribution in [0.25, 0.3) is 10.8 Å². The fourth-order valence-corrected chi connectivity index (χ4v) is 3.99. The van der Waals surface area contributed by atoms with Crippen molar-refractivity contribution < 1.29 is 9.53 Å². The highest BCUT2D eigenvalue weighted by Gasteiger charge is 2.18. The normalized spacial score (nSPS) is 14.8. The number of rotatable bonds is 5. The zero-order chi connectivity index (χ0) is 20.4. The van der Waals surface area contributed by atoms with Gasteiger partial charge in [-0.15, -0.1) is 0 Å². The van der Waals surface area contributed by atoms with Gasteiger partial charge in [0.25, 0.3) is 0 Å². The minimum atomic E-state index is -0.237. The van der Waals surface area contributed by atoms with Gasteiger partial charge in [0.05, 0.1) is 13.0 Å². The number of methoxy groups -OCH3 is 1. The highest BCUT2D eigenvalue weighted by molar-refractivity contribution is 5.97. The van der Waals surface area contributed by atoms with Crippen molar-refractivity contribution in [3.05, 3.63) is 65.7 Å². The quantitative estimate of drug-likeness (QED) is 0.627. The molecule has 4 heteroatoms. The first-order chi connectivity index (χ1) is 14.0. The maximum Gasteiger partial charge on any atom is 0.231 e. The minimum Gasteiger partial charge on any atom is -0.497 e. The number of fused-ring (bicyclic) bond motifs is 1. The van der Waals surface area contributed by atoms with Gasteiger partial charge in [-0.25, -0.2) is 0 Å². The van der Waals surface area contributed by atoms with Crippen LogP contribution in [0.4, 0.5) is 11.4 Å². The molecule has 1 unspecified atom stereocenters. The summed E-state index contributed by atoms with van der Waals surface area (Å²) in [5.74, 6) is 0.609. The Morgan fingerprint density at radius 2 is 1.72 bits per heavy atom. The molecule has 1 atom stereocenters. The molecule has 1 aliphatic heterocycles. The molecule has 4 nitrogen and oxygen atoms in total. The largest absolute Gasteiger partial charge is 0.497 e. The van der Waals surface area contributed by atoms with Crippen LogP contribution >= 0.6 is 0 Å². The fraction of sp³-hybridized carbons (Fsp3) is 0.320. The Morgan fingerprint density at radius 1 is 1.00 bits per heavy atom. The fourth-order valence-electron chi connectivity index (χ4n) is 3.99. The van der Waals surface area contributed by atoms with E-state index in [2.05, 4.69) is 35.3 Å².